The Kier molecular flexibility index (Phi) is 6.02. The molecule has 2 rings (SSSR count). The summed E-state index contributed by atoms with van der Waals surface area (Å²) in [5.41, 5.74) is 0.123. The molecule has 1 aromatic carbocycles. The van der Waals surface area contributed by atoms with E-state index >= 15 is 0 Å². The summed E-state index contributed by atoms with van der Waals surface area (Å²) in [6.45, 7) is 0.667. The van der Waals surface area contributed by atoms with Gasteiger partial charge in [-0.25, -0.2) is 12.8 Å². The van der Waals surface area contributed by atoms with Crippen molar-refractivity contribution >= 4 is 37.5 Å². The van der Waals surface area contributed by atoms with Gasteiger partial charge in [0.25, 0.3) is 5.91 Å². The van der Waals surface area contributed by atoms with E-state index in [9.17, 15) is 30.8 Å². The van der Waals surface area contributed by atoms with E-state index in [1.165, 1.54) is 23.9 Å². The first kappa shape index (κ1) is 21.4. The summed E-state index contributed by atoms with van der Waals surface area (Å²) in [7, 11) is -3.13. The second-order valence-electron chi connectivity index (χ2n) is 5.64. The van der Waals surface area contributed by atoms with E-state index in [1.54, 1.807) is 0 Å². The summed E-state index contributed by atoms with van der Waals surface area (Å²) in [5, 5.41) is 2.45. The molecular weight excluding hydrogens is 458 g/mol. The lowest BCUT2D eigenvalue weighted by atomic mass is 10.3. The first-order valence-corrected chi connectivity index (χ1v) is 9.60. The number of aryl methyl sites for hydroxylation is 1. The van der Waals surface area contributed by atoms with Crippen molar-refractivity contribution in [2.45, 2.75) is 24.0 Å². The van der Waals surface area contributed by atoms with Gasteiger partial charge in [-0.05, 0) is 47.1 Å². The van der Waals surface area contributed by atoms with Crippen molar-refractivity contribution in [3.63, 3.8) is 0 Å². The number of carbonyl (C=O) groups is 1. The van der Waals surface area contributed by atoms with E-state index in [0.717, 1.165) is 22.9 Å². The fraction of sp³-hybridized carbons (Fsp3) is 0.267. The average molecular weight is 472 g/mol. The third kappa shape index (κ3) is 5.08. The fourth-order valence-electron chi connectivity index (χ4n) is 2.04. The molecule has 0 bridgehead atoms. The van der Waals surface area contributed by atoms with Crippen LogP contribution in [-0.4, -0.2) is 31.1 Å². The van der Waals surface area contributed by atoms with Crippen molar-refractivity contribution < 1.29 is 30.8 Å². The molecule has 0 aliphatic heterocycles. The van der Waals surface area contributed by atoms with Gasteiger partial charge in [0, 0.05) is 18.9 Å². The molecule has 0 radical (unpaired) electrons. The molecule has 1 heterocycles. The van der Waals surface area contributed by atoms with E-state index in [1.807, 2.05) is 0 Å². The van der Waals surface area contributed by atoms with Crippen molar-refractivity contribution in [2.75, 3.05) is 5.32 Å². The number of aromatic nitrogens is 1. The molecule has 1 amide bonds. The molecule has 2 N–H and O–H groups in total. The first-order chi connectivity index (χ1) is 12.3. The molecule has 27 heavy (non-hydrogen) atoms. The molecule has 0 aliphatic rings. The van der Waals surface area contributed by atoms with Crippen LogP contribution in [0.1, 0.15) is 17.4 Å². The van der Waals surface area contributed by atoms with E-state index in [2.05, 4.69) is 21.2 Å². The third-order valence-corrected chi connectivity index (χ3v) is 5.64. The van der Waals surface area contributed by atoms with Crippen LogP contribution in [0.3, 0.4) is 0 Å². The van der Waals surface area contributed by atoms with Crippen LogP contribution in [0.5, 0.6) is 0 Å². The number of hydrogen-bond acceptors (Lipinski definition) is 3. The van der Waals surface area contributed by atoms with Gasteiger partial charge in [0.1, 0.15) is 22.4 Å². The van der Waals surface area contributed by atoms with E-state index in [0.29, 0.717) is 6.92 Å². The highest BCUT2D eigenvalue weighted by Gasteiger charge is 2.39. The quantitative estimate of drug-likeness (QED) is 0.655. The van der Waals surface area contributed by atoms with Crippen LogP contribution in [0.4, 0.5) is 23.2 Å². The Labute approximate surface area is 160 Å². The SMILES string of the molecule is C[C@H](NS(=O)(=O)c1cc(C(=O)Nc2ccc(F)c(Br)c2)n(C)c1)C(F)(F)F. The number of carbonyl (C=O) groups excluding carboxylic acids is 1. The number of amides is 1. The van der Waals surface area contributed by atoms with Gasteiger partial charge in [-0.3, -0.25) is 4.79 Å². The lowest BCUT2D eigenvalue weighted by Crippen LogP contribution is -2.42. The molecule has 148 valence electrons. The molecule has 0 fully saturated rings. The zero-order chi connectivity index (χ0) is 20.6. The number of nitrogens with one attached hydrogen (secondary N) is 2. The highest BCUT2D eigenvalue weighted by atomic mass is 79.9. The van der Waals surface area contributed by atoms with Gasteiger partial charge in [0.2, 0.25) is 10.0 Å². The smallest absolute Gasteiger partial charge is 0.345 e. The third-order valence-electron chi connectivity index (χ3n) is 3.52. The molecule has 6 nitrogen and oxygen atoms in total. The largest absolute Gasteiger partial charge is 0.404 e. The normalized spacial score (nSPS) is 13.4. The van der Waals surface area contributed by atoms with Crippen molar-refractivity contribution in [3.8, 4) is 0 Å². The van der Waals surface area contributed by atoms with Crippen molar-refractivity contribution in [1.82, 2.24) is 9.29 Å². The average Bonchev–Trinajstić information content (AvgIpc) is 2.92. The number of hydrogen-bond donors (Lipinski definition) is 2. The highest BCUT2D eigenvalue weighted by Crippen LogP contribution is 2.23. The minimum Gasteiger partial charge on any atom is -0.345 e. The Hall–Kier alpha value is -1.92. The maximum Gasteiger partial charge on any atom is 0.404 e. The summed E-state index contributed by atoms with van der Waals surface area (Å²) < 4.78 is 78.0. The van der Waals surface area contributed by atoms with Gasteiger partial charge >= 0.3 is 6.18 Å². The summed E-state index contributed by atoms with van der Waals surface area (Å²) in [4.78, 5) is 11.8. The minimum absolute atomic E-state index is 0.112. The van der Waals surface area contributed by atoms with Gasteiger partial charge in [-0.1, -0.05) is 0 Å². The number of rotatable bonds is 5. The first-order valence-electron chi connectivity index (χ1n) is 7.33. The Morgan fingerprint density at radius 2 is 1.89 bits per heavy atom. The van der Waals surface area contributed by atoms with Crippen LogP contribution in [-0.2, 0) is 17.1 Å². The van der Waals surface area contributed by atoms with Gasteiger partial charge < -0.3 is 9.88 Å². The number of alkyl halides is 3. The minimum atomic E-state index is -4.75. The Morgan fingerprint density at radius 1 is 1.26 bits per heavy atom. The van der Waals surface area contributed by atoms with Crippen LogP contribution in [0.25, 0.3) is 0 Å². The Morgan fingerprint density at radius 3 is 2.44 bits per heavy atom. The molecule has 0 saturated carbocycles. The number of nitrogens with zero attached hydrogens (tertiary/aromatic N) is 1. The lowest BCUT2D eigenvalue weighted by Gasteiger charge is -2.16. The Bertz CT molecular complexity index is 973. The monoisotopic (exact) mass is 471 g/mol. The zero-order valence-corrected chi connectivity index (χ0v) is 16.3. The maximum atomic E-state index is 13.2. The molecule has 1 atom stereocenters. The maximum absolute atomic E-state index is 13.2. The van der Waals surface area contributed by atoms with Crippen molar-refractivity contribution in [3.05, 3.63) is 46.4 Å². The molecule has 1 aromatic heterocycles. The zero-order valence-electron chi connectivity index (χ0n) is 13.9. The predicted octanol–water partition coefficient (Wildman–Crippen LogP) is 3.41. The summed E-state index contributed by atoms with van der Waals surface area (Å²) in [6.07, 6.45) is -3.74. The summed E-state index contributed by atoms with van der Waals surface area (Å²) >= 11 is 2.96. The predicted molar refractivity (Wildman–Crippen MR) is 93.3 cm³/mol. The Balaban J connectivity index is 2.24. The van der Waals surface area contributed by atoms with E-state index in [-0.39, 0.29) is 15.9 Å². The van der Waals surface area contributed by atoms with Gasteiger partial charge in [0.15, 0.2) is 0 Å². The number of benzene rings is 1. The molecular formula is C15H14BrF4N3O3S. The van der Waals surface area contributed by atoms with Gasteiger partial charge in [-0.2, -0.15) is 17.9 Å². The van der Waals surface area contributed by atoms with Crippen LogP contribution < -0.4 is 10.0 Å². The van der Waals surface area contributed by atoms with Crippen LogP contribution >= 0.6 is 15.9 Å². The lowest BCUT2D eigenvalue weighted by molar-refractivity contribution is -0.147. The molecule has 12 heteroatoms. The fourth-order valence-corrected chi connectivity index (χ4v) is 3.72. The van der Waals surface area contributed by atoms with Crippen LogP contribution in [0.2, 0.25) is 0 Å². The molecule has 0 unspecified atom stereocenters. The number of halogens is 5. The highest BCUT2D eigenvalue weighted by molar-refractivity contribution is 9.10. The standard InChI is InChI=1S/C15H14BrF4N3O3S/c1-8(15(18,19)20)22-27(25,26)10-6-13(23(2)7-10)14(24)21-9-3-4-12(17)11(16)5-9/h3-8,22H,1-2H3,(H,21,24)/t8-/m0/s1. The molecule has 0 spiro atoms. The molecule has 2 aromatic rings. The number of sulfonamides is 1. The van der Waals surface area contributed by atoms with Crippen LogP contribution in [0.15, 0.2) is 39.8 Å². The van der Waals surface area contributed by atoms with Crippen molar-refractivity contribution in [2.24, 2.45) is 7.05 Å². The topological polar surface area (TPSA) is 80.2 Å². The van der Waals surface area contributed by atoms with Crippen molar-refractivity contribution in [1.29, 1.82) is 0 Å². The molecule has 0 aliphatic carbocycles. The summed E-state index contributed by atoms with van der Waals surface area (Å²) in [5.74, 6) is -1.26. The second kappa shape index (κ2) is 7.60. The molecule has 0 saturated heterocycles. The van der Waals surface area contributed by atoms with E-state index in [4.69, 9.17) is 0 Å². The van der Waals surface area contributed by atoms with Gasteiger partial charge in [0.05, 0.1) is 4.47 Å². The number of anilines is 1. The van der Waals surface area contributed by atoms with Gasteiger partial charge in [-0.15, -0.1) is 0 Å². The van der Waals surface area contributed by atoms with Crippen LogP contribution in [0, 0.1) is 5.82 Å². The summed E-state index contributed by atoms with van der Waals surface area (Å²) in [6, 6.07) is 2.37. The second-order valence-corrected chi connectivity index (χ2v) is 8.21. The van der Waals surface area contributed by atoms with E-state index < -0.39 is 38.9 Å².